The average molecular weight is 532 g/mol. The molecule has 1 aromatic carbocycles. The van der Waals surface area contributed by atoms with Crippen LogP contribution < -0.4 is 15.4 Å². The molecule has 3 atom stereocenters. The van der Waals surface area contributed by atoms with Crippen molar-refractivity contribution in [1.29, 1.82) is 0 Å². The minimum Gasteiger partial charge on any atom is -0.481 e. The number of rotatable bonds is 9. The number of benzene rings is 1. The van der Waals surface area contributed by atoms with Crippen molar-refractivity contribution in [2.24, 2.45) is 16.7 Å². The molecule has 37 heavy (non-hydrogen) atoms. The van der Waals surface area contributed by atoms with Crippen LogP contribution >= 0.6 is 11.6 Å². The first-order valence-electron chi connectivity index (χ1n) is 11.7. The molecule has 0 aliphatic heterocycles. The number of hydrogen-bond acceptors (Lipinski definition) is 6. The maximum atomic E-state index is 13.0. The molecule has 0 unspecified atom stereocenters. The Balaban J connectivity index is 1.67. The SMILES string of the molecule is COc1nc(Cl)ccc1C(=O)Nc1ccc(C[C@H](NC(=O)[C@H]2CC[C@@](C)(C(=O)O)C2(C)C)C(=O)O)cc1. The van der Waals surface area contributed by atoms with E-state index in [9.17, 15) is 29.4 Å². The number of nitrogens with one attached hydrogen (secondary N) is 2. The molecule has 1 aromatic heterocycles. The molecular weight excluding hydrogens is 502 g/mol. The lowest BCUT2D eigenvalue weighted by Crippen LogP contribution is -2.49. The van der Waals surface area contributed by atoms with Crippen LogP contribution in [0, 0.1) is 16.7 Å². The molecule has 0 saturated heterocycles. The lowest BCUT2D eigenvalue weighted by atomic mass is 9.65. The summed E-state index contributed by atoms with van der Waals surface area (Å²) < 4.78 is 5.10. The van der Waals surface area contributed by atoms with Crippen LogP contribution in [0.1, 0.15) is 49.5 Å². The average Bonchev–Trinajstić information content (AvgIpc) is 3.09. The minimum atomic E-state index is -1.20. The number of halogens is 1. The largest absolute Gasteiger partial charge is 0.481 e. The predicted molar refractivity (Wildman–Crippen MR) is 136 cm³/mol. The first kappa shape index (κ1) is 27.9. The molecule has 3 rings (SSSR count). The molecule has 1 saturated carbocycles. The zero-order chi connectivity index (χ0) is 27.5. The summed E-state index contributed by atoms with van der Waals surface area (Å²) in [6.07, 6.45) is 0.695. The molecule has 1 heterocycles. The predicted octanol–water partition coefficient (Wildman–Crippen LogP) is 3.63. The molecule has 0 spiro atoms. The molecule has 11 heteroatoms. The van der Waals surface area contributed by atoms with Crippen LogP contribution in [0.4, 0.5) is 5.69 Å². The molecule has 4 N–H and O–H groups in total. The normalized spacial score (nSPS) is 21.1. The standard InChI is InChI=1S/C26H30ClN3O7/c1-25(2)17(11-12-26(25,3)24(35)36)21(32)29-18(23(33)34)13-14-5-7-15(8-6-14)28-20(31)16-9-10-19(27)30-22(16)37-4/h5-10,17-18H,11-13H2,1-4H3,(H,28,31)(H,29,32)(H,33,34)(H,35,36)/t17-,18+,26+/m1/s1. The number of hydrogen-bond donors (Lipinski definition) is 4. The van der Waals surface area contributed by atoms with E-state index in [0.29, 0.717) is 24.1 Å². The Bertz CT molecular complexity index is 1220. The maximum Gasteiger partial charge on any atom is 0.326 e. The number of pyridine rings is 1. The van der Waals surface area contributed by atoms with Gasteiger partial charge in [-0.25, -0.2) is 9.78 Å². The second-order valence-electron chi connectivity index (χ2n) is 9.90. The number of aromatic nitrogens is 1. The van der Waals surface area contributed by atoms with Crippen molar-refractivity contribution >= 4 is 41.0 Å². The van der Waals surface area contributed by atoms with Gasteiger partial charge in [-0.15, -0.1) is 0 Å². The van der Waals surface area contributed by atoms with Gasteiger partial charge >= 0.3 is 11.9 Å². The van der Waals surface area contributed by atoms with Gasteiger partial charge in [0.15, 0.2) is 0 Å². The van der Waals surface area contributed by atoms with Gasteiger partial charge in [0.2, 0.25) is 11.8 Å². The Morgan fingerprint density at radius 3 is 2.30 bits per heavy atom. The van der Waals surface area contributed by atoms with E-state index in [1.54, 1.807) is 45.0 Å². The fraction of sp³-hybridized carbons (Fsp3) is 0.423. The summed E-state index contributed by atoms with van der Waals surface area (Å²) in [7, 11) is 1.38. The fourth-order valence-electron chi connectivity index (χ4n) is 4.72. The summed E-state index contributed by atoms with van der Waals surface area (Å²) in [6.45, 7) is 5.09. The molecule has 2 aromatic rings. The van der Waals surface area contributed by atoms with Gasteiger partial charge in [-0.1, -0.05) is 37.6 Å². The number of carbonyl (C=O) groups is 4. The third-order valence-electron chi connectivity index (χ3n) is 7.55. The highest BCUT2D eigenvalue weighted by Crippen LogP contribution is 2.56. The van der Waals surface area contributed by atoms with Crippen LogP contribution in [0.5, 0.6) is 5.88 Å². The van der Waals surface area contributed by atoms with Gasteiger partial charge in [0.1, 0.15) is 16.8 Å². The van der Waals surface area contributed by atoms with E-state index < -0.39 is 46.5 Å². The quantitative estimate of drug-likeness (QED) is 0.357. The monoisotopic (exact) mass is 531 g/mol. The number of ether oxygens (including phenoxy) is 1. The summed E-state index contributed by atoms with van der Waals surface area (Å²) in [5.74, 6) is -3.66. The van der Waals surface area contributed by atoms with Crippen LogP contribution in [0.3, 0.4) is 0 Å². The molecular formula is C26H30ClN3O7. The Hall–Kier alpha value is -3.66. The molecule has 0 bridgehead atoms. The fourth-order valence-corrected chi connectivity index (χ4v) is 4.86. The number of aliphatic carboxylic acids is 2. The van der Waals surface area contributed by atoms with Gasteiger partial charge in [0.25, 0.3) is 5.91 Å². The van der Waals surface area contributed by atoms with Crippen LogP contribution in [0.15, 0.2) is 36.4 Å². The molecule has 1 aliphatic rings. The summed E-state index contributed by atoms with van der Waals surface area (Å²) in [5, 5.41) is 24.9. The number of carboxylic acid groups (broad SMARTS) is 2. The summed E-state index contributed by atoms with van der Waals surface area (Å²) in [5.41, 5.74) is -0.660. The third-order valence-corrected chi connectivity index (χ3v) is 7.76. The lowest BCUT2D eigenvalue weighted by molar-refractivity contribution is -0.155. The summed E-state index contributed by atoms with van der Waals surface area (Å²) in [6, 6.07) is 8.28. The second-order valence-corrected chi connectivity index (χ2v) is 10.3. The van der Waals surface area contributed by atoms with Gasteiger partial charge < -0.3 is 25.6 Å². The molecule has 1 aliphatic carbocycles. The highest BCUT2D eigenvalue weighted by molar-refractivity contribution is 6.29. The number of carboxylic acids is 2. The number of anilines is 1. The molecule has 2 amide bonds. The first-order chi connectivity index (χ1) is 17.3. The van der Waals surface area contributed by atoms with Gasteiger partial charge in [0, 0.05) is 18.0 Å². The second kappa shape index (κ2) is 10.8. The van der Waals surface area contributed by atoms with Crippen molar-refractivity contribution < 1.29 is 34.1 Å². The van der Waals surface area contributed by atoms with Crippen molar-refractivity contribution in [3.8, 4) is 5.88 Å². The lowest BCUT2D eigenvalue weighted by Gasteiger charge is -2.38. The molecule has 1 fully saturated rings. The number of nitrogens with zero attached hydrogens (tertiary/aromatic N) is 1. The third kappa shape index (κ3) is 5.69. The van der Waals surface area contributed by atoms with Gasteiger partial charge in [-0.05, 0) is 55.0 Å². The van der Waals surface area contributed by atoms with E-state index in [2.05, 4.69) is 15.6 Å². The minimum absolute atomic E-state index is 0.00751. The van der Waals surface area contributed by atoms with Crippen molar-refractivity contribution in [3.63, 3.8) is 0 Å². The maximum absolute atomic E-state index is 13.0. The zero-order valence-electron chi connectivity index (χ0n) is 21.0. The Morgan fingerprint density at radius 1 is 1.11 bits per heavy atom. The number of amides is 2. The van der Waals surface area contributed by atoms with E-state index in [-0.39, 0.29) is 23.0 Å². The van der Waals surface area contributed by atoms with Crippen LogP contribution in [-0.4, -0.2) is 52.1 Å². The van der Waals surface area contributed by atoms with E-state index in [1.807, 2.05) is 0 Å². The van der Waals surface area contributed by atoms with Crippen LogP contribution in [0.2, 0.25) is 5.15 Å². The van der Waals surface area contributed by atoms with Gasteiger partial charge in [0.05, 0.1) is 12.5 Å². The van der Waals surface area contributed by atoms with E-state index >= 15 is 0 Å². The highest BCUT2D eigenvalue weighted by Gasteiger charge is 2.58. The van der Waals surface area contributed by atoms with E-state index in [1.165, 1.54) is 19.2 Å². The van der Waals surface area contributed by atoms with Crippen molar-refractivity contribution in [1.82, 2.24) is 10.3 Å². The van der Waals surface area contributed by atoms with E-state index in [0.717, 1.165) is 0 Å². The van der Waals surface area contributed by atoms with Crippen LogP contribution in [-0.2, 0) is 20.8 Å². The Kier molecular flexibility index (Phi) is 8.12. The summed E-state index contributed by atoms with van der Waals surface area (Å²) in [4.78, 5) is 53.3. The zero-order valence-corrected chi connectivity index (χ0v) is 21.8. The van der Waals surface area contributed by atoms with Gasteiger partial charge in [-0.3, -0.25) is 14.4 Å². The van der Waals surface area contributed by atoms with Crippen molar-refractivity contribution in [3.05, 3.63) is 52.7 Å². The van der Waals surface area contributed by atoms with E-state index in [4.69, 9.17) is 16.3 Å². The summed E-state index contributed by atoms with van der Waals surface area (Å²) >= 11 is 5.83. The number of carbonyl (C=O) groups excluding carboxylic acids is 2. The smallest absolute Gasteiger partial charge is 0.326 e. The number of methoxy groups -OCH3 is 1. The molecule has 198 valence electrons. The van der Waals surface area contributed by atoms with Gasteiger partial charge in [-0.2, -0.15) is 0 Å². The topological polar surface area (TPSA) is 155 Å². The van der Waals surface area contributed by atoms with Crippen LogP contribution in [0.25, 0.3) is 0 Å². The van der Waals surface area contributed by atoms with Crippen molar-refractivity contribution in [2.45, 2.75) is 46.1 Å². The van der Waals surface area contributed by atoms with Crippen molar-refractivity contribution in [2.75, 3.05) is 12.4 Å². The highest BCUT2D eigenvalue weighted by atomic mass is 35.5. The Morgan fingerprint density at radius 2 is 1.76 bits per heavy atom. The molecule has 0 radical (unpaired) electrons. The molecule has 10 nitrogen and oxygen atoms in total. The first-order valence-corrected chi connectivity index (χ1v) is 12.1. The Labute approximate surface area is 219 Å².